The molecule has 0 unspecified atom stereocenters. The largest absolute Gasteiger partial charge is 0.383 e. The minimum atomic E-state index is -0.150. The van der Waals surface area contributed by atoms with Crippen molar-refractivity contribution in [3.05, 3.63) is 17.8 Å². The summed E-state index contributed by atoms with van der Waals surface area (Å²) in [6.07, 6.45) is 2.13. The van der Waals surface area contributed by atoms with Gasteiger partial charge in [0.25, 0.3) is 5.91 Å². The van der Waals surface area contributed by atoms with Gasteiger partial charge in [-0.2, -0.15) is 0 Å². The van der Waals surface area contributed by atoms with Gasteiger partial charge in [0.1, 0.15) is 5.82 Å². The third-order valence-electron chi connectivity index (χ3n) is 2.42. The summed E-state index contributed by atoms with van der Waals surface area (Å²) in [4.78, 5) is 11.6. The van der Waals surface area contributed by atoms with E-state index in [-0.39, 0.29) is 5.91 Å². The van der Waals surface area contributed by atoms with Gasteiger partial charge in [-0.15, -0.1) is 10.2 Å². The molecule has 1 heterocycles. The summed E-state index contributed by atoms with van der Waals surface area (Å²) < 4.78 is 4.90. The fourth-order valence-electron chi connectivity index (χ4n) is 1.32. The lowest BCUT2D eigenvalue weighted by atomic mass is 10.3. The lowest BCUT2D eigenvalue weighted by Crippen LogP contribution is -2.26. The predicted octanol–water partition coefficient (Wildman–Crippen LogP) is 0.427. The fourth-order valence-corrected chi connectivity index (χ4v) is 1.32. The topological polar surface area (TPSA) is 76.1 Å². The molecule has 0 bridgehead atoms. The Bertz CT molecular complexity index is 376. The smallest absolute Gasteiger partial charge is 0.272 e. The van der Waals surface area contributed by atoms with Crippen molar-refractivity contribution in [1.29, 1.82) is 0 Å². The first-order chi connectivity index (χ1) is 8.29. The molecular weight excluding hydrogens is 220 g/mol. The summed E-state index contributed by atoms with van der Waals surface area (Å²) in [5.74, 6) is 0.494. The van der Waals surface area contributed by atoms with Crippen molar-refractivity contribution in [3.8, 4) is 0 Å². The van der Waals surface area contributed by atoms with Gasteiger partial charge in [0.2, 0.25) is 0 Å². The maximum Gasteiger partial charge on any atom is 0.272 e. The van der Waals surface area contributed by atoms with E-state index in [1.807, 2.05) is 0 Å². The van der Waals surface area contributed by atoms with E-state index in [9.17, 15) is 4.79 Å². The molecule has 1 amide bonds. The van der Waals surface area contributed by atoms with Crippen LogP contribution < -0.4 is 10.6 Å². The molecule has 6 heteroatoms. The molecule has 1 aromatic rings. The van der Waals surface area contributed by atoms with Gasteiger partial charge in [0.05, 0.1) is 6.61 Å². The minimum Gasteiger partial charge on any atom is -0.383 e. The molecule has 6 nitrogen and oxygen atoms in total. The van der Waals surface area contributed by atoms with Crippen LogP contribution >= 0.6 is 0 Å². The number of rotatable bonds is 6. The van der Waals surface area contributed by atoms with E-state index in [4.69, 9.17) is 4.74 Å². The van der Waals surface area contributed by atoms with Crippen molar-refractivity contribution in [2.75, 3.05) is 25.6 Å². The summed E-state index contributed by atoms with van der Waals surface area (Å²) >= 11 is 0. The molecule has 17 heavy (non-hydrogen) atoms. The zero-order valence-corrected chi connectivity index (χ0v) is 9.77. The van der Waals surface area contributed by atoms with E-state index >= 15 is 0 Å². The SMILES string of the molecule is COCCNc1ccc(C(=O)NC2CC2)nn1. The second kappa shape index (κ2) is 5.58. The molecule has 0 aromatic carbocycles. The average molecular weight is 236 g/mol. The molecule has 0 aliphatic heterocycles. The lowest BCUT2D eigenvalue weighted by molar-refractivity contribution is 0.0945. The number of ether oxygens (including phenoxy) is 1. The minimum absolute atomic E-state index is 0.150. The average Bonchev–Trinajstić information content (AvgIpc) is 3.14. The van der Waals surface area contributed by atoms with Crippen molar-refractivity contribution in [2.45, 2.75) is 18.9 Å². The highest BCUT2D eigenvalue weighted by molar-refractivity contribution is 5.92. The van der Waals surface area contributed by atoms with E-state index in [2.05, 4.69) is 20.8 Å². The maximum absolute atomic E-state index is 11.6. The van der Waals surface area contributed by atoms with E-state index in [1.165, 1.54) is 0 Å². The molecule has 0 spiro atoms. The normalized spacial score (nSPS) is 14.4. The zero-order chi connectivity index (χ0) is 12.1. The van der Waals surface area contributed by atoms with Gasteiger partial charge in [-0.3, -0.25) is 4.79 Å². The molecule has 2 N–H and O–H groups in total. The van der Waals surface area contributed by atoms with E-state index in [0.29, 0.717) is 30.7 Å². The maximum atomic E-state index is 11.6. The molecule has 0 saturated heterocycles. The molecule has 1 aromatic heterocycles. The van der Waals surface area contributed by atoms with Gasteiger partial charge in [-0.25, -0.2) is 0 Å². The van der Waals surface area contributed by atoms with Gasteiger partial charge in [0, 0.05) is 19.7 Å². The van der Waals surface area contributed by atoms with Crippen LogP contribution in [-0.4, -0.2) is 42.4 Å². The Morgan fingerprint density at radius 2 is 2.29 bits per heavy atom. The lowest BCUT2D eigenvalue weighted by Gasteiger charge is -2.05. The number of carbonyl (C=O) groups excluding carboxylic acids is 1. The molecule has 1 aliphatic carbocycles. The van der Waals surface area contributed by atoms with Crippen molar-refractivity contribution < 1.29 is 9.53 Å². The Balaban J connectivity index is 1.85. The van der Waals surface area contributed by atoms with Gasteiger partial charge >= 0.3 is 0 Å². The third kappa shape index (κ3) is 3.67. The molecule has 0 atom stereocenters. The first kappa shape index (κ1) is 11.8. The predicted molar refractivity (Wildman–Crippen MR) is 62.9 cm³/mol. The first-order valence-corrected chi connectivity index (χ1v) is 5.67. The Labute approximate surface area is 99.8 Å². The number of aromatic nitrogens is 2. The number of anilines is 1. The van der Waals surface area contributed by atoms with E-state index in [0.717, 1.165) is 12.8 Å². The van der Waals surface area contributed by atoms with Crippen LogP contribution in [0.5, 0.6) is 0 Å². The summed E-state index contributed by atoms with van der Waals surface area (Å²) in [6.45, 7) is 1.27. The van der Waals surface area contributed by atoms with Crippen molar-refractivity contribution in [2.24, 2.45) is 0 Å². The second-order valence-corrected chi connectivity index (χ2v) is 3.97. The van der Waals surface area contributed by atoms with E-state index in [1.54, 1.807) is 19.2 Å². The molecule has 92 valence electrons. The third-order valence-corrected chi connectivity index (χ3v) is 2.42. The Hall–Kier alpha value is -1.69. The number of methoxy groups -OCH3 is 1. The number of nitrogens with zero attached hydrogens (tertiary/aromatic N) is 2. The highest BCUT2D eigenvalue weighted by atomic mass is 16.5. The number of hydrogen-bond donors (Lipinski definition) is 2. The molecule has 2 rings (SSSR count). The summed E-state index contributed by atoms with van der Waals surface area (Å²) in [5.41, 5.74) is 0.356. The van der Waals surface area contributed by atoms with Crippen LogP contribution in [0.1, 0.15) is 23.3 Å². The quantitative estimate of drug-likeness (QED) is 0.700. The summed E-state index contributed by atoms with van der Waals surface area (Å²) in [6, 6.07) is 3.74. The number of carbonyl (C=O) groups is 1. The van der Waals surface area contributed by atoms with Crippen LogP contribution in [-0.2, 0) is 4.74 Å². The second-order valence-electron chi connectivity index (χ2n) is 3.97. The number of amides is 1. The Morgan fingerprint density at radius 3 is 2.88 bits per heavy atom. The number of hydrogen-bond acceptors (Lipinski definition) is 5. The molecule has 1 aliphatic rings. The fraction of sp³-hybridized carbons (Fsp3) is 0.545. The molecule has 1 fully saturated rings. The van der Waals surface area contributed by atoms with Crippen LogP contribution in [0.3, 0.4) is 0 Å². The van der Waals surface area contributed by atoms with Crippen LogP contribution in [0.25, 0.3) is 0 Å². The molecule has 0 radical (unpaired) electrons. The van der Waals surface area contributed by atoms with Crippen molar-refractivity contribution in [3.63, 3.8) is 0 Å². The van der Waals surface area contributed by atoms with Crippen LogP contribution in [0.4, 0.5) is 5.82 Å². The van der Waals surface area contributed by atoms with Crippen LogP contribution in [0.15, 0.2) is 12.1 Å². The van der Waals surface area contributed by atoms with Crippen molar-refractivity contribution in [1.82, 2.24) is 15.5 Å². The Kier molecular flexibility index (Phi) is 3.87. The van der Waals surface area contributed by atoms with Crippen LogP contribution in [0.2, 0.25) is 0 Å². The van der Waals surface area contributed by atoms with Gasteiger partial charge in [-0.05, 0) is 25.0 Å². The highest BCUT2D eigenvalue weighted by Crippen LogP contribution is 2.19. The highest BCUT2D eigenvalue weighted by Gasteiger charge is 2.24. The van der Waals surface area contributed by atoms with Gasteiger partial charge in [-0.1, -0.05) is 0 Å². The molecule has 1 saturated carbocycles. The molecular formula is C11H16N4O2. The standard InChI is InChI=1S/C11H16N4O2/c1-17-7-6-12-10-5-4-9(14-15-10)11(16)13-8-2-3-8/h4-5,8H,2-3,6-7H2,1H3,(H,12,15)(H,13,16). The zero-order valence-electron chi connectivity index (χ0n) is 9.77. The van der Waals surface area contributed by atoms with Crippen LogP contribution in [0, 0.1) is 0 Å². The summed E-state index contributed by atoms with van der Waals surface area (Å²) in [5, 5.41) is 13.7. The number of nitrogens with one attached hydrogen (secondary N) is 2. The van der Waals surface area contributed by atoms with Gasteiger partial charge in [0.15, 0.2) is 5.69 Å². The summed E-state index contributed by atoms with van der Waals surface area (Å²) in [7, 11) is 1.64. The monoisotopic (exact) mass is 236 g/mol. The first-order valence-electron chi connectivity index (χ1n) is 5.67. The van der Waals surface area contributed by atoms with Gasteiger partial charge < -0.3 is 15.4 Å². The van der Waals surface area contributed by atoms with Crippen molar-refractivity contribution >= 4 is 11.7 Å². The van der Waals surface area contributed by atoms with E-state index < -0.39 is 0 Å². The Morgan fingerprint density at radius 1 is 1.47 bits per heavy atom.